The second-order valence-corrected chi connectivity index (χ2v) is 3.67. The second kappa shape index (κ2) is 9.52. The Morgan fingerprint density at radius 3 is 2.68 bits per heavy atom. The highest BCUT2D eigenvalue weighted by atomic mass is 35.5. The molecular formula is C12H17ClF2N2O2. The molecule has 0 saturated carbocycles. The molecule has 7 heteroatoms. The van der Waals surface area contributed by atoms with Gasteiger partial charge in [0.25, 0.3) is 0 Å². The van der Waals surface area contributed by atoms with Gasteiger partial charge >= 0.3 is 0 Å². The van der Waals surface area contributed by atoms with Crippen molar-refractivity contribution in [2.24, 2.45) is 5.73 Å². The van der Waals surface area contributed by atoms with E-state index in [4.69, 9.17) is 10.5 Å². The molecule has 0 atom stereocenters. The Morgan fingerprint density at radius 2 is 2.05 bits per heavy atom. The summed E-state index contributed by atoms with van der Waals surface area (Å²) in [6, 6.07) is 3.28. The van der Waals surface area contributed by atoms with Gasteiger partial charge in [-0.25, -0.2) is 8.78 Å². The van der Waals surface area contributed by atoms with Crippen molar-refractivity contribution in [1.82, 2.24) is 5.32 Å². The highest BCUT2D eigenvalue weighted by Gasteiger charge is 2.03. The summed E-state index contributed by atoms with van der Waals surface area (Å²) in [4.78, 5) is 11.2. The standard InChI is InChI=1S/C12H16F2N2O2.ClH/c13-10-4-3-9(8-11(10)14)18-7-6-16-12(17)2-1-5-15;/h3-4,8H,1-2,5-7,15H2,(H,16,17);1H. The molecule has 19 heavy (non-hydrogen) atoms. The largest absolute Gasteiger partial charge is 0.492 e. The summed E-state index contributed by atoms with van der Waals surface area (Å²) >= 11 is 0. The molecule has 4 nitrogen and oxygen atoms in total. The number of benzene rings is 1. The Hall–Kier alpha value is -1.40. The Kier molecular flexibility index (Phi) is 8.82. The number of hydrogen-bond donors (Lipinski definition) is 2. The Balaban J connectivity index is 0.00000324. The summed E-state index contributed by atoms with van der Waals surface area (Å²) < 4.78 is 30.6. The van der Waals surface area contributed by atoms with Crippen LogP contribution in [0.1, 0.15) is 12.8 Å². The molecule has 0 bridgehead atoms. The molecule has 1 aromatic rings. The summed E-state index contributed by atoms with van der Waals surface area (Å²) in [5, 5.41) is 2.63. The molecule has 0 unspecified atom stereocenters. The van der Waals surface area contributed by atoms with E-state index in [0.717, 1.165) is 12.1 Å². The van der Waals surface area contributed by atoms with Crippen molar-refractivity contribution < 1.29 is 18.3 Å². The third kappa shape index (κ3) is 6.93. The molecule has 0 aliphatic carbocycles. The predicted octanol–water partition coefficient (Wildman–Crippen LogP) is 1.62. The molecule has 0 aliphatic rings. The molecule has 0 radical (unpaired) electrons. The van der Waals surface area contributed by atoms with Gasteiger partial charge in [-0.3, -0.25) is 4.79 Å². The van der Waals surface area contributed by atoms with E-state index in [-0.39, 0.29) is 30.7 Å². The molecule has 108 valence electrons. The van der Waals surface area contributed by atoms with Crippen LogP contribution in [0.25, 0.3) is 0 Å². The predicted molar refractivity (Wildman–Crippen MR) is 70.4 cm³/mol. The fourth-order valence-electron chi connectivity index (χ4n) is 1.28. The Morgan fingerprint density at radius 1 is 1.32 bits per heavy atom. The van der Waals surface area contributed by atoms with Gasteiger partial charge in [-0.15, -0.1) is 12.4 Å². The first kappa shape index (κ1) is 17.6. The number of halogens is 3. The van der Waals surface area contributed by atoms with E-state index in [1.165, 1.54) is 6.07 Å². The SMILES string of the molecule is Cl.NCCCC(=O)NCCOc1ccc(F)c(F)c1. The molecule has 0 spiro atoms. The molecule has 1 aromatic carbocycles. The van der Waals surface area contributed by atoms with Gasteiger partial charge in [-0.1, -0.05) is 0 Å². The van der Waals surface area contributed by atoms with Crippen LogP contribution >= 0.6 is 12.4 Å². The van der Waals surface area contributed by atoms with Crippen LogP contribution in [0.3, 0.4) is 0 Å². The zero-order valence-electron chi connectivity index (χ0n) is 10.3. The van der Waals surface area contributed by atoms with Crippen molar-refractivity contribution in [1.29, 1.82) is 0 Å². The second-order valence-electron chi connectivity index (χ2n) is 3.67. The molecule has 0 saturated heterocycles. The summed E-state index contributed by atoms with van der Waals surface area (Å²) in [5.41, 5.74) is 5.26. The maximum atomic E-state index is 12.8. The van der Waals surface area contributed by atoms with Crippen LogP contribution in [0.5, 0.6) is 5.75 Å². The topological polar surface area (TPSA) is 64.4 Å². The van der Waals surface area contributed by atoms with Crippen molar-refractivity contribution in [2.45, 2.75) is 12.8 Å². The summed E-state index contributed by atoms with van der Waals surface area (Å²) in [6.07, 6.45) is 1.01. The average Bonchev–Trinajstić information content (AvgIpc) is 2.36. The summed E-state index contributed by atoms with van der Waals surface area (Å²) in [7, 11) is 0. The van der Waals surface area contributed by atoms with Crippen LogP contribution < -0.4 is 15.8 Å². The average molecular weight is 295 g/mol. The van der Waals surface area contributed by atoms with Crippen LogP contribution in [0.2, 0.25) is 0 Å². The number of ether oxygens (including phenoxy) is 1. The van der Waals surface area contributed by atoms with Crippen molar-refractivity contribution >= 4 is 18.3 Å². The van der Waals surface area contributed by atoms with Crippen LogP contribution in [0.15, 0.2) is 18.2 Å². The van der Waals surface area contributed by atoms with Gasteiger partial charge in [-0.05, 0) is 25.1 Å². The first-order valence-electron chi connectivity index (χ1n) is 5.68. The molecule has 0 aliphatic heterocycles. The van der Waals surface area contributed by atoms with Gasteiger partial charge in [0, 0.05) is 12.5 Å². The van der Waals surface area contributed by atoms with Gasteiger partial charge in [0.1, 0.15) is 12.4 Å². The number of amides is 1. The molecular weight excluding hydrogens is 278 g/mol. The van der Waals surface area contributed by atoms with Crippen LogP contribution in [-0.2, 0) is 4.79 Å². The molecule has 1 rings (SSSR count). The van der Waals surface area contributed by atoms with Crippen molar-refractivity contribution in [2.75, 3.05) is 19.7 Å². The molecule has 0 aromatic heterocycles. The Labute approximate surface area is 116 Å². The van der Waals surface area contributed by atoms with E-state index in [9.17, 15) is 13.6 Å². The zero-order valence-corrected chi connectivity index (χ0v) is 11.1. The molecule has 3 N–H and O–H groups in total. The normalized spacial score (nSPS) is 9.63. The lowest BCUT2D eigenvalue weighted by Gasteiger charge is -2.07. The number of hydrogen-bond acceptors (Lipinski definition) is 3. The van der Waals surface area contributed by atoms with Crippen LogP contribution in [-0.4, -0.2) is 25.6 Å². The van der Waals surface area contributed by atoms with Crippen molar-refractivity contribution in [3.63, 3.8) is 0 Å². The van der Waals surface area contributed by atoms with E-state index < -0.39 is 11.6 Å². The van der Waals surface area contributed by atoms with E-state index in [1.807, 2.05) is 0 Å². The van der Waals surface area contributed by atoms with E-state index in [0.29, 0.717) is 25.9 Å². The van der Waals surface area contributed by atoms with Gasteiger partial charge in [0.2, 0.25) is 5.91 Å². The molecule has 0 heterocycles. The minimum absolute atomic E-state index is 0. The van der Waals surface area contributed by atoms with Gasteiger partial charge in [-0.2, -0.15) is 0 Å². The van der Waals surface area contributed by atoms with Crippen LogP contribution in [0.4, 0.5) is 8.78 Å². The monoisotopic (exact) mass is 294 g/mol. The maximum Gasteiger partial charge on any atom is 0.220 e. The number of nitrogens with two attached hydrogens (primary N) is 1. The number of carbonyl (C=O) groups excluding carboxylic acids is 1. The lowest BCUT2D eigenvalue weighted by atomic mass is 10.3. The summed E-state index contributed by atoms with van der Waals surface area (Å²) in [5.74, 6) is -1.75. The lowest BCUT2D eigenvalue weighted by molar-refractivity contribution is -0.121. The van der Waals surface area contributed by atoms with E-state index >= 15 is 0 Å². The van der Waals surface area contributed by atoms with Gasteiger partial charge in [0.15, 0.2) is 11.6 Å². The fraction of sp³-hybridized carbons (Fsp3) is 0.417. The first-order chi connectivity index (χ1) is 8.63. The number of rotatable bonds is 7. The third-order valence-corrected chi connectivity index (χ3v) is 2.19. The minimum Gasteiger partial charge on any atom is -0.492 e. The molecule has 1 amide bonds. The van der Waals surface area contributed by atoms with Crippen molar-refractivity contribution in [3.05, 3.63) is 29.8 Å². The minimum atomic E-state index is -0.959. The third-order valence-electron chi connectivity index (χ3n) is 2.19. The van der Waals surface area contributed by atoms with Crippen LogP contribution in [0, 0.1) is 11.6 Å². The van der Waals surface area contributed by atoms with E-state index in [2.05, 4.69) is 5.32 Å². The lowest BCUT2D eigenvalue weighted by Crippen LogP contribution is -2.28. The fourth-order valence-corrected chi connectivity index (χ4v) is 1.28. The highest BCUT2D eigenvalue weighted by molar-refractivity contribution is 5.85. The molecule has 0 fully saturated rings. The first-order valence-corrected chi connectivity index (χ1v) is 5.68. The number of nitrogens with one attached hydrogen (secondary N) is 1. The summed E-state index contributed by atoms with van der Waals surface area (Å²) in [6.45, 7) is 0.973. The zero-order chi connectivity index (χ0) is 13.4. The Bertz CT molecular complexity index is 405. The highest BCUT2D eigenvalue weighted by Crippen LogP contribution is 2.14. The van der Waals surface area contributed by atoms with E-state index in [1.54, 1.807) is 0 Å². The smallest absolute Gasteiger partial charge is 0.220 e. The van der Waals surface area contributed by atoms with Gasteiger partial charge < -0.3 is 15.8 Å². The number of carbonyl (C=O) groups is 1. The quantitative estimate of drug-likeness (QED) is 0.751. The maximum absolute atomic E-state index is 12.8. The van der Waals surface area contributed by atoms with Crippen molar-refractivity contribution in [3.8, 4) is 5.75 Å². The van der Waals surface area contributed by atoms with Gasteiger partial charge in [0.05, 0.1) is 6.54 Å².